The summed E-state index contributed by atoms with van der Waals surface area (Å²) in [4.78, 5) is 25.8. The quantitative estimate of drug-likeness (QED) is 0.0551. The van der Waals surface area contributed by atoms with Crippen molar-refractivity contribution >= 4 is 11.8 Å². The highest BCUT2D eigenvalue weighted by molar-refractivity contribution is 6.21. The van der Waals surface area contributed by atoms with Crippen molar-refractivity contribution in [3.8, 4) is 12.3 Å². The molecule has 0 aromatic heterocycles. The van der Waals surface area contributed by atoms with Crippen LogP contribution in [0.25, 0.3) is 0 Å². The summed E-state index contributed by atoms with van der Waals surface area (Å²) >= 11 is 0. The lowest BCUT2D eigenvalue weighted by Gasteiger charge is -2.13. The molecule has 0 aliphatic carbocycles. The minimum Gasteiger partial charge on any atom is -0.377 e. The summed E-state index contributed by atoms with van der Waals surface area (Å²) in [6, 6.07) is 6.81. The third kappa shape index (κ3) is 22.3. The molecule has 0 unspecified atom stereocenters. The zero-order valence-electron chi connectivity index (χ0n) is 29.2. The van der Waals surface area contributed by atoms with E-state index in [9.17, 15) is 9.59 Å². The SMILES string of the molecule is C#CCOCCOCCOCCOCCOCCOCCOCCOCCOCCOCCOCCOCCN1C(=O)c2ccccc2C1=O. The van der Waals surface area contributed by atoms with Crippen molar-refractivity contribution in [3.63, 3.8) is 0 Å². The van der Waals surface area contributed by atoms with Crippen molar-refractivity contribution in [1.82, 2.24) is 4.90 Å². The van der Waals surface area contributed by atoms with Crippen LogP contribution in [0, 0.1) is 12.3 Å². The highest BCUT2D eigenvalue weighted by Gasteiger charge is 2.34. The Morgan fingerprint density at radius 3 is 0.900 bits per heavy atom. The predicted molar refractivity (Wildman–Crippen MR) is 180 cm³/mol. The van der Waals surface area contributed by atoms with E-state index in [1.165, 1.54) is 4.90 Å². The topological polar surface area (TPSA) is 148 Å². The minimum absolute atomic E-state index is 0.212. The molecule has 0 fully saturated rings. The molecule has 1 heterocycles. The molecular formula is C35H55NO14. The van der Waals surface area contributed by atoms with E-state index in [1.807, 2.05) is 0 Å². The van der Waals surface area contributed by atoms with E-state index in [1.54, 1.807) is 24.3 Å². The van der Waals surface area contributed by atoms with Gasteiger partial charge in [-0.05, 0) is 12.1 Å². The molecule has 0 saturated heterocycles. The third-order valence-corrected chi connectivity index (χ3v) is 6.61. The van der Waals surface area contributed by atoms with Crippen LogP contribution in [0.5, 0.6) is 0 Å². The third-order valence-electron chi connectivity index (χ3n) is 6.61. The number of hydrogen-bond acceptors (Lipinski definition) is 14. The Bertz CT molecular complexity index is 988. The fraction of sp³-hybridized carbons (Fsp3) is 0.714. The Kier molecular flexibility index (Phi) is 28.2. The van der Waals surface area contributed by atoms with E-state index in [0.29, 0.717) is 163 Å². The molecule has 1 aromatic carbocycles. The molecule has 0 saturated carbocycles. The lowest BCUT2D eigenvalue weighted by Crippen LogP contribution is -2.33. The van der Waals surface area contributed by atoms with Gasteiger partial charge in [0.2, 0.25) is 0 Å². The van der Waals surface area contributed by atoms with Gasteiger partial charge in [0.15, 0.2) is 0 Å². The van der Waals surface area contributed by atoms with Gasteiger partial charge >= 0.3 is 0 Å². The highest BCUT2D eigenvalue weighted by Crippen LogP contribution is 2.21. The summed E-state index contributed by atoms with van der Waals surface area (Å²) in [5.41, 5.74) is 0.880. The highest BCUT2D eigenvalue weighted by atomic mass is 16.6. The number of nitrogens with zero attached hydrogens (tertiary/aromatic N) is 1. The zero-order valence-corrected chi connectivity index (χ0v) is 29.2. The van der Waals surface area contributed by atoms with Gasteiger partial charge < -0.3 is 56.8 Å². The summed E-state index contributed by atoms with van der Waals surface area (Å²) in [5.74, 6) is 1.83. The van der Waals surface area contributed by atoms with Gasteiger partial charge in [-0.1, -0.05) is 18.1 Å². The molecule has 0 N–H and O–H groups in total. The average Bonchev–Trinajstić information content (AvgIpc) is 3.37. The first kappa shape index (κ1) is 43.6. The number of benzene rings is 1. The van der Waals surface area contributed by atoms with Crippen LogP contribution in [0.3, 0.4) is 0 Å². The molecule has 284 valence electrons. The van der Waals surface area contributed by atoms with Gasteiger partial charge in [0.25, 0.3) is 11.8 Å². The van der Waals surface area contributed by atoms with E-state index < -0.39 is 0 Å². The van der Waals surface area contributed by atoms with E-state index >= 15 is 0 Å². The maximum atomic E-state index is 12.3. The number of terminal acetylenes is 1. The van der Waals surface area contributed by atoms with E-state index in [-0.39, 0.29) is 25.0 Å². The fourth-order valence-corrected chi connectivity index (χ4v) is 4.15. The van der Waals surface area contributed by atoms with Crippen LogP contribution < -0.4 is 0 Å². The minimum atomic E-state index is -0.280. The van der Waals surface area contributed by atoms with Crippen molar-refractivity contribution in [2.75, 3.05) is 165 Å². The molecule has 1 aliphatic heterocycles. The van der Waals surface area contributed by atoms with Crippen molar-refractivity contribution in [2.45, 2.75) is 0 Å². The maximum Gasteiger partial charge on any atom is 0.261 e. The Morgan fingerprint density at radius 1 is 0.400 bits per heavy atom. The molecule has 0 atom stereocenters. The van der Waals surface area contributed by atoms with E-state index in [0.717, 1.165) is 0 Å². The normalized spacial score (nSPS) is 12.6. The van der Waals surface area contributed by atoms with Crippen LogP contribution in [0.15, 0.2) is 24.3 Å². The number of amides is 2. The van der Waals surface area contributed by atoms with Gasteiger partial charge in [-0.2, -0.15) is 0 Å². The van der Waals surface area contributed by atoms with Crippen LogP contribution >= 0.6 is 0 Å². The average molecular weight is 714 g/mol. The first-order valence-electron chi connectivity index (χ1n) is 17.1. The molecule has 0 spiro atoms. The van der Waals surface area contributed by atoms with Crippen LogP contribution in [-0.4, -0.2) is 182 Å². The lowest BCUT2D eigenvalue weighted by molar-refractivity contribution is -0.0282. The summed E-state index contributed by atoms with van der Waals surface area (Å²) in [6.45, 7) is 11.2. The molecule has 2 amide bonds. The number of carbonyl (C=O) groups is 2. The lowest BCUT2D eigenvalue weighted by atomic mass is 10.1. The molecule has 50 heavy (non-hydrogen) atoms. The molecule has 0 radical (unpaired) electrons. The van der Waals surface area contributed by atoms with Crippen molar-refractivity contribution in [3.05, 3.63) is 35.4 Å². The van der Waals surface area contributed by atoms with Crippen LogP contribution in [0.4, 0.5) is 0 Å². The summed E-state index contributed by atoms with van der Waals surface area (Å²) < 4.78 is 65.1. The number of fused-ring (bicyclic) bond motifs is 1. The first-order valence-corrected chi connectivity index (χ1v) is 17.1. The second-order valence-electron chi connectivity index (χ2n) is 10.3. The Labute approximate surface area is 295 Å². The van der Waals surface area contributed by atoms with Gasteiger partial charge in [-0.15, -0.1) is 6.42 Å². The second kappa shape index (κ2) is 32.4. The Balaban J connectivity index is 1.16. The van der Waals surface area contributed by atoms with Crippen LogP contribution in [-0.2, 0) is 56.8 Å². The largest absolute Gasteiger partial charge is 0.377 e. The molecule has 15 heteroatoms. The van der Waals surface area contributed by atoms with Crippen molar-refractivity contribution < 1.29 is 66.4 Å². The number of rotatable bonds is 37. The first-order chi connectivity index (χ1) is 24.8. The molecule has 1 aliphatic rings. The van der Waals surface area contributed by atoms with Crippen LogP contribution in [0.1, 0.15) is 20.7 Å². The number of ether oxygens (including phenoxy) is 12. The maximum absolute atomic E-state index is 12.3. The summed E-state index contributed by atoms with van der Waals surface area (Å²) in [5, 5.41) is 0. The van der Waals surface area contributed by atoms with Gasteiger partial charge in [-0.25, -0.2) is 0 Å². The van der Waals surface area contributed by atoms with Gasteiger partial charge in [-0.3, -0.25) is 14.5 Å². The van der Waals surface area contributed by atoms with Gasteiger partial charge in [0.05, 0.1) is 170 Å². The second-order valence-corrected chi connectivity index (χ2v) is 10.3. The standard InChI is InChI=1S/C35H55NO14/c1-2-8-39-10-12-41-14-16-43-18-20-45-22-24-47-26-28-49-30-31-50-29-27-48-25-23-46-21-19-44-17-15-42-13-11-40-9-7-36-34(37)32-5-3-4-6-33(32)35(36)38/h1,3-6H,7-31H2. The fourth-order valence-electron chi connectivity index (χ4n) is 4.15. The molecule has 2 rings (SSSR count). The smallest absolute Gasteiger partial charge is 0.261 e. The summed E-state index contributed by atoms with van der Waals surface area (Å²) in [7, 11) is 0. The van der Waals surface area contributed by atoms with Crippen molar-refractivity contribution in [1.29, 1.82) is 0 Å². The Hall–Kier alpha value is -2.56. The number of imide groups is 1. The summed E-state index contributed by atoms with van der Waals surface area (Å²) in [6.07, 6.45) is 5.08. The number of hydrogen-bond donors (Lipinski definition) is 0. The van der Waals surface area contributed by atoms with Crippen molar-refractivity contribution in [2.24, 2.45) is 0 Å². The number of carbonyl (C=O) groups excluding carboxylic acids is 2. The van der Waals surface area contributed by atoms with E-state index in [4.69, 9.17) is 63.3 Å². The van der Waals surface area contributed by atoms with Gasteiger partial charge in [0.1, 0.15) is 6.61 Å². The van der Waals surface area contributed by atoms with E-state index in [2.05, 4.69) is 5.92 Å². The van der Waals surface area contributed by atoms with Gasteiger partial charge in [0, 0.05) is 0 Å². The monoisotopic (exact) mass is 713 g/mol. The predicted octanol–water partition coefficient (Wildman–Crippen LogP) is 1.12. The molecule has 0 bridgehead atoms. The Morgan fingerprint density at radius 2 is 0.640 bits per heavy atom. The molecule has 15 nitrogen and oxygen atoms in total. The molecule has 1 aromatic rings. The zero-order chi connectivity index (χ0) is 35.6. The van der Waals surface area contributed by atoms with Crippen LogP contribution in [0.2, 0.25) is 0 Å². The molecular weight excluding hydrogens is 658 g/mol.